The first-order chi connectivity index (χ1) is 8.25. The van der Waals surface area contributed by atoms with Gasteiger partial charge in [0.2, 0.25) is 0 Å². The van der Waals surface area contributed by atoms with Crippen molar-refractivity contribution in [2.45, 2.75) is 25.2 Å². The molecule has 2 aromatic carbocycles. The standard InChI is InChI=1S/C16H15Cl/c1-11-10-16(12-6-8-13(17)9-7-12)15-5-3-2-4-14(11)15/h2-9,11,16H,10H2,1H3. The quantitative estimate of drug-likeness (QED) is 0.662. The largest absolute Gasteiger partial charge is 0.0843 e. The third-order valence-electron chi connectivity index (χ3n) is 3.76. The van der Waals surface area contributed by atoms with E-state index in [4.69, 9.17) is 11.6 Å². The van der Waals surface area contributed by atoms with Gasteiger partial charge in [0, 0.05) is 10.9 Å². The second kappa shape index (κ2) is 4.19. The van der Waals surface area contributed by atoms with Crippen molar-refractivity contribution in [3.63, 3.8) is 0 Å². The van der Waals surface area contributed by atoms with Gasteiger partial charge in [-0.2, -0.15) is 0 Å². The van der Waals surface area contributed by atoms with Crippen molar-refractivity contribution in [1.82, 2.24) is 0 Å². The monoisotopic (exact) mass is 242 g/mol. The van der Waals surface area contributed by atoms with E-state index in [1.807, 2.05) is 12.1 Å². The summed E-state index contributed by atoms with van der Waals surface area (Å²) in [5.41, 5.74) is 4.38. The van der Waals surface area contributed by atoms with Gasteiger partial charge >= 0.3 is 0 Å². The summed E-state index contributed by atoms with van der Waals surface area (Å²) >= 11 is 5.95. The maximum absolute atomic E-state index is 5.95. The molecule has 17 heavy (non-hydrogen) atoms. The fourth-order valence-electron chi connectivity index (χ4n) is 2.90. The summed E-state index contributed by atoms with van der Waals surface area (Å²) in [5, 5.41) is 0.813. The number of hydrogen-bond acceptors (Lipinski definition) is 0. The SMILES string of the molecule is CC1CC(c2ccc(Cl)cc2)c2ccccc21. The Morgan fingerprint density at radius 2 is 1.59 bits per heavy atom. The third kappa shape index (κ3) is 1.87. The van der Waals surface area contributed by atoms with E-state index in [0.29, 0.717) is 11.8 Å². The molecule has 1 aliphatic rings. The van der Waals surface area contributed by atoms with Crippen molar-refractivity contribution in [2.75, 3.05) is 0 Å². The van der Waals surface area contributed by atoms with Gasteiger partial charge < -0.3 is 0 Å². The van der Waals surface area contributed by atoms with Gasteiger partial charge in [0.15, 0.2) is 0 Å². The summed E-state index contributed by atoms with van der Waals surface area (Å²) < 4.78 is 0. The minimum atomic E-state index is 0.540. The molecule has 2 atom stereocenters. The van der Waals surface area contributed by atoms with Crippen molar-refractivity contribution < 1.29 is 0 Å². The van der Waals surface area contributed by atoms with Crippen LogP contribution in [0.15, 0.2) is 48.5 Å². The van der Waals surface area contributed by atoms with Crippen LogP contribution < -0.4 is 0 Å². The van der Waals surface area contributed by atoms with E-state index in [-0.39, 0.29) is 0 Å². The Morgan fingerprint density at radius 1 is 0.941 bits per heavy atom. The lowest BCUT2D eigenvalue weighted by Crippen LogP contribution is -1.95. The van der Waals surface area contributed by atoms with Gasteiger partial charge in [0.1, 0.15) is 0 Å². The molecule has 0 saturated heterocycles. The molecule has 0 N–H and O–H groups in total. The van der Waals surface area contributed by atoms with Crippen molar-refractivity contribution in [3.05, 3.63) is 70.2 Å². The second-order valence-corrected chi connectivity index (χ2v) is 5.31. The van der Waals surface area contributed by atoms with Crippen molar-refractivity contribution >= 4 is 11.6 Å². The van der Waals surface area contributed by atoms with Crippen molar-refractivity contribution in [3.8, 4) is 0 Å². The first kappa shape index (κ1) is 10.9. The third-order valence-corrected chi connectivity index (χ3v) is 4.02. The van der Waals surface area contributed by atoms with Crippen molar-refractivity contribution in [2.24, 2.45) is 0 Å². The maximum Gasteiger partial charge on any atom is 0.0406 e. The molecular formula is C16H15Cl. The molecule has 0 aromatic heterocycles. The molecule has 0 amide bonds. The van der Waals surface area contributed by atoms with Gasteiger partial charge in [-0.1, -0.05) is 54.9 Å². The number of hydrogen-bond donors (Lipinski definition) is 0. The van der Waals surface area contributed by atoms with Gasteiger partial charge in [-0.15, -0.1) is 0 Å². The summed E-state index contributed by atoms with van der Waals surface area (Å²) in [7, 11) is 0. The van der Waals surface area contributed by atoms with E-state index in [0.717, 1.165) is 5.02 Å². The van der Waals surface area contributed by atoms with E-state index in [2.05, 4.69) is 43.3 Å². The Bertz CT molecular complexity index is 527. The van der Waals surface area contributed by atoms with Gasteiger partial charge in [0.05, 0.1) is 0 Å². The zero-order valence-corrected chi connectivity index (χ0v) is 10.6. The highest BCUT2D eigenvalue weighted by Gasteiger charge is 2.28. The topological polar surface area (TPSA) is 0 Å². The highest BCUT2D eigenvalue weighted by Crippen LogP contribution is 2.44. The lowest BCUT2D eigenvalue weighted by molar-refractivity contribution is 0.686. The Kier molecular flexibility index (Phi) is 2.68. The lowest BCUT2D eigenvalue weighted by atomic mass is 9.93. The average molecular weight is 243 g/mol. The second-order valence-electron chi connectivity index (χ2n) is 4.87. The molecular weight excluding hydrogens is 228 g/mol. The Balaban J connectivity index is 2.04. The fourth-order valence-corrected chi connectivity index (χ4v) is 3.02. The highest BCUT2D eigenvalue weighted by molar-refractivity contribution is 6.30. The van der Waals surface area contributed by atoms with E-state index in [1.165, 1.54) is 23.1 Å². The Morgan fingerprint density at radius 3 is 2.29 bits per heavy atom. The van der Waals surface area contributed by atoms with E-state index < -0.39 is 0 Å². The molecule has 3 rings (SSSR count). The highest BCUT2D eigenvalue weighted by atomic mass is 35.5. The predicted octanol–water partition coefficient (Wildman–Crippen LogP) is 4.98. The molecule has 2 unspecified atom stereocenters. The van der Waals surface area contributed by atoms with Gasteiger partial charge in [-0.05, 0) is 41.2 Å². The number of fused-ring (bicyclic) bond motifs is 1. The van der Waals surface area contributed by atoms with Gasteiger partial charge in [-0.3, -0.25) is 0 Å². The van der Waals surface area contributed by atoms with Crippen LogP contribution in [-0.4, -0.2) is 0 Å². The number of benzene rings is 2. The Hall–Kier alpha value is -1.27. The van der Waals surface area contributed by atoms with Crippen LogP contribution in [0.1, 0.15) is 41.9 Å². The van der Waals surface area contributed by atoms with Crippen LogP contribution in [0.2, 0.25) is 5.02 Å². The summed E-state index contributed by atoms with van der Waals surface area (Å²) in [5.74, 6) is 1.20. The van der Waals surface area contributed by atoms with Crippen LogP contribution in [0.3, 0.4) is 0 Å². The minimum Gasteiger partial charge on any atom is -0.0843 e. The molecule has 86 valence electrons. The predicted molar refractivity (Wildman–Crippen MR) is 72.8 cm³/mol. The molecule has 0 bridgehead atoms. The van der Waals surface area contributed by atoms with Crippen LogP contribution >= 0.6 is 11.6 Å². The average Bonchev–Trinajstić information content (AvgIpc) is 2.69. The molecule has 0 fully saturated rings. The van der Waals surface area contributed by atoms with Crippen LogP contribution in [0.5, 0.6) is 0 Å². The van der Waals surface area contributed by atoms with Crippen LogP contribution in [0.4, 0.5) is 0 Å². The smallest absolute Gasteiger partial charge is 0.0406 e. The molecule has 0 aliphatic heterocycles. The van der Waals surface area contributed by atoms with E-state index in [1.54, 1.807) is 0 Å². The fraction of sp³-hybridized carbons (Fsp3) is 0.250. The maximum atomic E-state index is 5.95. The zero-order valence-electron chi connectivity index (χ0n) is 9.86. The summed E-state index contributed by atoms with van der Waals surface area (Å²) in [6, 6.07) is 17.1. The Labute approximate surface area is 107 Å². The molecule has 0 spiro atoms. The van der Waals surface area contributed by atoms with Gasteiger partial charge in [0.25, 0.3) is 0 Å². The molecule has 1 aliphatic carbocycles. The number of rotatable bonds is 1. The summed E-state index contributed by atoms with van der Waals surface area (Å²) in [6.07, 6.45) is 1.21. The molecule has 0 saturated carbocycles. The molecule has 2 aromatic rings. The number of halogens is 1. The minimum absolute atomic E-state index is 0.540. The summed E-state index contributed by atoms with van der Waals surface area (Å²) in [4.78, 5) is 0. The van der Waals surface area contributed by atoms with Crippen molar-refractivity contribution in [1.29, 1.82) is 0 Å². The normalized spacial score (nSPS) is 22.5. The van der Waals surface area contributed by atoms with Crippen LogP contribution in [0.25, 0.3) is 0 Å². The van der Waals surface area contributed by atoms with Gasteiger partial charge in [-0.25, -0.2) is 0 Å². The first-order valence-electron chi connectivity index (χ1n) is 6.10. The molecule has 0 nitrogen and oxygen atoms in total. The molecule has 0 heterocycles. The molecule has 0 radical (unpaired) electrons. The molecule has 1 heteroatoms. The summed E-state index contributed by atoms with van der Waals surface area (Å²) in [6.45, 7) is 2.31. The first-order valence-corrected chi connectivity index (χ1v) is 6.48. The van der Waals surface area contributed by atoms with Crippen LogP contribution in [-0.2, 0) is 0 Å². The van der Waals surface area contributed by atoms with E-state index >= 15 is 0 Å². The zero-order chi connectivity index (χ0) is 11.8. The lowest BCUT2D eigenvalue weighted by Gasteiger charge is -2.12. The van der Waals surface area contributed by atoms with E-state index in [9.17, 15) is 0 Å². The van der Waals surface area contributed by atoms with Crippen LogP contribution in [0, 0.1) is 0 Å².